The molecule has 2 fully saturated rings. The molecule has 64 valence electrons. The summed E-state index contributed by atoms with van der Waals surface area (Å²) in [6.45, 7) is 2.22. The molecule has 5 atom stereocenters. The van der Waals surface area contributed by atoms with Gasteiger partial charge in [0.1, 0.15) is 0 Å². The van der Waals surface area contributed by atoms with Crippen LogP contribution in [-0.2, 0) is 0 Å². The lowest BCUT2D eigenvalue weighted by Gasteiger charge is -2.28. The second kappa shape index (κ2) is 2.63. The van der Waals surface area contributed by atoms with Gasteiger partial charge in [-0.05, 0) is 30.6 Å². The van der Waals surface area contributed by atoms with Crippen LogP contribution in [0.2, 0.25) is 0 Å². The molecule has 0 radical (unpaired) electrons. The topological polar surface area (TPSA) is 20.2 Å². The van der Waals surface area contributed by atoms with Crippen LogP contribution in [0.25, 0.3) is 0 Å². The smallest absolute Gasteiger partial charge is 0.0734 e. The van der Waals surface area contributed by atoms with Gasteiger partial charge in [-0.2, -0.15) is 0 Å². The van der Waals surface area contributed by atoms with E-state index in [1.807, 2.05) is 0 Å². The molecule has 0 heterocycles. The Morgan fingerprint density at radius 3 is 2.64 bits per heavy atom. The second-order valence-electron chi connectivity index (χ2n) is 4.00. The Balaban J connectivity index is 2.10. The van der Waals surface area contributed by atoms with Gasteiger partial charge in [0, 0.05) is 0 Å². The highest BCUT2D eigenvalue weighted by molar-refractivity contribution is 6.21. The van der Waals surface area contributed by atoms with Gasteiger partial charge >= 0.3 is 0 Å². The number of aliphatic hydroxyl groups is 1. The molecule has 2 aliphatic carbocycles. The minimum atomic E-state index is -0.204. The first-order chi connectivity index (χ1) is 5.24. The van der Waals surface area contributed by atoms with Crippen molar-refractivity contribution < 1.29 is 5.11 Å². The molecule has 0 aliphatic heterocycles. The molecule has 2 bridgehead atoms. The van der Waals surface area contributed by atoms with Gasteiger partial charge in [0.25, 0.3) is 0 Å². The lowest BCUT2D eigenvalue weighted by atomic mass is 9.85. The molecule has 0 spiro atoms. The van der Waals surface area contributed by atoms with E-state index in [-0.39, 0.29) is 11.5 Å². The summed E-state index contributed by atoms with van der Waals surface area (Å²) in [6.07, 6.45) is 3.42. The third kappa shape index (κ3) is 1.01. The van der Waals surface area contributed by atoms with Crippen molar-refractivity contribution >= 4 is 11.6 Å². The van der Waals surface area contributed by atoms with E-state index in [0.717, 1.165) is 5.92 Å². The summed E-state index contributed by atoms with van der Waals surface area (Å²) in [7, 11) is 0. The van der Waals surface area contributed by atoms with Crippen LogP contribution in [0.1, 0.15) is 26.2 Å². The Hall–Kier alpha value is 0.250. The molecular weight excluding hydrogens is 160 g/mol. The first-order valence-electron chi connectivity index (χ1n) is 4.56. The molecule has 1 N–H and O–H groups in total. The molecule has 2 rings (SSSR count). The van der Waals surface area contributed by atoms with E-state index in [4.69, 9.17) is 11.6 Å². The Bertz CT molecular complexity index is 154. The number of rotatable bonds is 1. The van der Waals surface area contributed by atoms with Crippen LogP contribution < -0.4 is 0 Å². The molecule has 0 aromatic rings. The van der Waals surface area contributed by atoms with Gasteiger partial charge in [0.05, 0.1) is 11.5 Å². The van der Waals surface area contributed by atoms with Crippen molar-refractivity contribution in [2.24, 2.45) is 17.8 Å². The maximum absolute atomic E-state index is 9.57. The van der Waals surface area contributed by atoms with E-state index < -0.39 is 0 Å². The Morgan fingerprint density at radius 1 is 1.45 bits per heavy atom. The quantitative estimate of drug-likeness (QED) is 0.604. The molecule has 0 aromatic carbocycles. The third-order valence-electron chi connectivity index (χ3n) is 3.53. The Morgan fingerprint density at radius 2 is 2.18 bits per heavy atom. The average Bonchev–Trinajstić information content (AvgIpc) is 2.53. The molecular formula is C9H15ClO. The molecule has 1 nitrogen and oxygen atoms in total. The van der Waals surface area contributed by atoms with E-state index in [9.17, 15) is 5.11 Å². The van der Waals surface area contributed by atoms with E-state index in [1.165, 1.54) is 19.3 Å². The van der Waals surface area contributed by atoms with Crippen molar-refractivity contribution in [3.05, 3.63) is 0 Å². The summed E-state index contributed by atoms with van der Waals surface area (Å²) < 4.78 is 0. The van der Waals surface area contributed by atoms with Crippen molar-refractivity contribution in [3.8, 4) is 0 Å². The first-order valence-corrected chi connectivity index (χ1v) is 4.99. The average molecular weight is 175 g/mol. The fraction of sp³-hybridized carbons (Fsp3) is 1.00. The van der Waals surface area contributed by atoms with E-state index >= 15 is 0 Å². The lowest BCUT2D eigenvalue weighted by Crippen LogP contribution is -2.32. The zero-order valence-corrected chi connectivity index (χ0v) is 7.59. The van der Waals surface area contributed by atoms with Crippen LogP contribution in [0.3, 0.4) is 0 Å². The number of aliphatic hydroxyl groups excluding tert-OH is 1. The molecule has 0 saturated heterocycles. The number of fused-ring (bicyclic) bond motifs is 2. The summed E-state index contributed by atoms with van der Waals surface area (Å²) in [4.78, 5) is 0. The highest BCUT2D eigenvalue weighted by Gasteiger charge is 2.50. The van der Waals surface area contributed by atoms with Crippen molar-refractivity contribution in [1.82, 2.24) is 0 Å². The number of halogens is 1. The molecule has 5 unspecified atom stereocenters. The minimum absolute atomic E-state index is 0.0544. The molecule has 2 heteroatoms. The van der Waals surface area contributed by atoms with Crippen LogP contribution in [0.5, 0.6) is 0 Å². The monoisotopic (exact) mass is 174 g/mol. The first kappa shape index (κ1) is 7.88. The van der Waals surface area contributed by atoms with Gasteiger partial charge < -0.3 is 5.11 Å². The van der Waals surface area contributed by atoms with E-state index in [0.29, 0.717) is 11.8 Å². The molecule has 2 aliphatic rings. The van der Waals surface area contributed by atoms with E-state index in [2.05, 4.69) is 6.92 Å². The standard InChI is InChI=1S/C9H15ClO/c1-2-5-3-6-4-7(5)8(10)9(6)11/h5-9,11H,2-4H2,1H3. The number of alkyl halides is 1. The maximum atomic E-state index is 9.57. The Labute approximate surface area is 72.7 Å². The summed E-state index contributed by atoms with van der Waals surface area (Å²) in [5, 5.41) is 9.62. The number of hydrogen-bond acceptors (Lipinski definition) is 1. The highest BCUT2D eigenvalue weighted by atomic mass is 35.5. The Kier molecular flexibility index (Phi) is 1.89. The molecule has 0 amide bonds. The van der Waals surface area contributed by atoms with Gasteiger partial charge in [0.15, 0.2) is 0 Å². The van der Waals surface area contributed by atoms with E-state index in [1.54, 1.807) is 0 Å². The van der Waals surface area contributed by atoms with Crippen molar-refractivity contribution in [3.63, 3.8) is 0 Å². The van der Waals surface area contributed by atoms with Gasteiger partial charge in [-0.3, -0.25) is 0 Å². The van der Waals surface area contributed by atoms with Crippen LogP contribution in [-0.4, -0.2) is 16.6 Å². The maximum Gasteiger partial charge on any atom is 0.0734 e. The largest absolute Gasteiger partial charge is 0.391 e. The SMILES string of the molecule is CCC1CC2CC1C(Cl)C2O. The fourth-order valence-corrected chi connectivity index (χ4v) is 3.37. The zero-order chi connectivity index (χ0) is 8.01. The van der Waals surface area contributed by atoms with Gasteiger partial charge in [-0.1, -0.05) is 13.3 Å². The third-order valence-corrected chi connectivity index (χ3v) is 4.11. The van der Waals surface area contributed by atoms with Crippen molar-refractivity contribution in [2.45, 2.75) is 37.7 Å². The van der Waals surface area contributed by atoms with Gasteiger partial charge in [-0.25, -0.2) is 0 Å². The summed E-state index contributed by atoms with van der Waals surface area (Å²) >= 11 is 6.08. The van der Waals surface area contributed by atoms with Crippen LogP contribution in [0.4, 0.5) is 0 Å². The predicted molar refractivity (Wildman–Crippen MR) is 45.6 cm³/mol. The summed E-state index contributed by atoms with van der Waals surface area (Å²) in [6, 6.07) is 0. The van der Waals surface area contributed by atoms with Gasteiger partial charge in [0.2, 0.25) is 0 Å². The van der Waals surface area contributed by atoms with Gasteiger partial charge in [-0.15, -0.1) is 11.6 Å². The predicted octanol–water partition coefficient (Wildman–Crippen LogP) is 2.02. The molecule has 11 heavy (non-hydrogen) atoms. The van der Waals surface area contributed by atoms with Crippen LogP contribution in [0, 0.1) is 17.8 Å². The van der Waals surface area contributed by atoms with Crippen molar-refractivity contribution in [1.29, 1.82) is 0 Å². The lowest BCUT2D eigenvalue weighted by molar-refractivity contribution is 0.0983. The van der Waals surface area contributed by atoms with Crippen LogP contribution in [0.15, 0.2) is 0 Å². The summed E-state index contributed by atoms with van der Waals surface area (Å²) in [5.74, 6) is 1.93. The normalized spacial score (nSPS) is 55.4. The fourth-order valence-electron chi connectivity index (χ4n) is 2.85. The molecule has 0 aromatic heterocycles. The minimum Gasteiger partial charge on any atom is -0.391 e. The second-order valence-corrected chi connectivity index (χ2v) is 4.50. The highest BCUT2D eigenvalue weighted by Crippen LogP contribution is 2.51. The number of hydrogen-bond donors (Lipinski definition) is 1. The van der Waals surface area contributed by atoms with Crippen LogP contribution >= 0.6 is 11.6 Å². The summed E-state index contributed by atoms with van der Waals surface area (Å²) in [5.41, 5.74) is 0. The molecule has 2 saturated carbocycles. The zero-order valence-electron chi connectivity index (χ0n) is 6.83. The van der Waals surface area contributed by atoms with Crippen molar-refractivity contribution in [2.75, 3.05) is 0 Å².